The van der Waals surface area contributed by atoms with Crippen LogP contribution in [0.15, 0.2) is 0 Å². The van der Waals surface area contributed by atoms with Gasteiger partial charge in [0.15, 0.2) is 0 Å². The molecule has 1 saturated heterocycles. The molecule has 1 aliphatic heterocycles. The van der Waals surface area contributed by atoms with E-state index in [0.29, 0.717) is 6.04 Å². The summed E-state index contributed by atoms with van der Waals surface area (Å²) >= 11 is 4.20. The van der Waals surface area contributed by atoms with Crippen molar-refractivity contribution in [3.05, 3.63) is 0 Å². The monoisotopic (exact) mass is 131 g/mol. The maximum absolute atomic E-state index is 4.20. The molecule has 1 nitrogen and oxygen atoms in total. The Labute approximate surface area is 56.3 Å². The zero-order valence-corrected chi connectivity index (χ0v) is 5.95. The molecule has 1 aliphatic rings. The number of hydrogen-bond acceptors (Lipinski definition) is 2. The third kappa shape index (κ3) is 1.67. The molecule has 1 atom stereocenters. The van der Waals surface area contributed by atoms with Gasteiger partial charge < -0.3 is 5.32 Å². The lowest BCUT2D eigenvalue weighted by atomic mass is 10.1. The molecule has 0 bridgehead atoms. The summed E-state index contributed by atoms with van der Waals surface area (Å²) in [7, 11) is 0. The Hall–Kier alpha value is 0.310. The van der Waals surface area contributed by atoms with Gasteiger partial charge in [-0.1, -0.05) is 6.42 Å². The third-order valence-electron chi connectivity index (χ3n) is 1.63. The van der Waals surface area contributed by atoms with Crippen molar-refractivity contribution >= 4 is 12.6 Å². The number of piperidine rings is 1. The van der Waals surface area contributed by atoms with Crippen molar-refractivity contribution in [2.24, 2.45) is 0 Å². The predicted octanol–water partition coefficient (Wildman–Crippen LogP) is 1.06. The molecule has 0 aromatic heterocycles. The van der Waals surface area contributed by atoms with E-state index in [1.54, 1.807) is 0 Å². The lowest BCUT2D eigenvalue weighted by molar-refractivity contribution is 0.430. The quantitative estimate of drug-likeness (QED) is 0.507. The molecular weight excluding hydrogens is 118 g/mol. The van der Waals surface area contributed by atoms with Crippen molar-refractivity contribution in [2.45, 2.75) is 25.3 Å². The van der Waals surface area contributed by atoms with Crippen molar-refractivity contribution < 1.29 is 0 Å². The molecule has 2 heteroatoms. The van der Waals surface area contributed by atoms with Gasteiger partial charge in [-0.15, -0.1) is 0 Å². The zero-order chi connectivity index (χ0) is 5.82. The average Bonchev–Trinajstić information content (AvgIpc) is 1.90. The molecule has 1 unspecified atom stereocenters. The number of nitrogens with one attached hydrogen (secondary N) is 1. The Bertz CT molecular complexity index is 59.5. The van der Waals surface area contributed by atoms with Gasteiger partial charge in [-0.25, -0.2) is 0 Å². The third-order valence-corrected chi connectivity index (χ3v) is 2.07. The van der Waals surface area contributed by atoms with E-state index in [1.807, 2.05) is 0 Å². The summed E-state index contributed by atoms with van der Waals surface area (Å²) < 4.78 is 0. The van der Waals surface area contributed by atoms with Crippen LogP contribution in [0.5, 0.6) is 0 Å². The molecule has 0 aromatic rings. The van der Waals surface area contributed by atoms with E-state index in [2.05, 4.69) is 17.9 Å². The van der Waals surface area contributed by atoms with E-state index in [4.69, 9.17) is 0 Å². The molecule has 0 spiro atoms. The molecule has 0 aliphatic carbocycles. The zero-order valence-electron chi connectivity index (χ0n) is 5.06. The van der Waals surface area contributed by atoms with Gasteiger partial charge in [0.25, 0.3) is 0 Å². The summed E-state index contributed by atoms with van der Waals surface area (Å²) in [5, 5.41) is 3.39. The van der Waals surface area contributed by atoms with Crippen LogP contribution in [-0.2, 0) is 0 Å². The lowest BCUT2D eigenvalue weighted by Gasteiger charge is -2.20. The highest BCUT2D eigenvalue weighted by Crippen LogP contribution is 2.06. The van der Waals surface area contributed by atoms with E-state index in [9.17, 15) is 0 Å². The molecule has 1 rings (SSSR count). The Morgan fingerprint density at radius 2 is 2.38 bits per heavy atom. The first-order chi connectivity index (χ1) is 3.93. The van der Waals surface area contributed by atoms with Crippen molar-refractivity contribution in [1.29, 1.82) is 0 Å². The van der Waals surface area contributed by atoms with Crippen molar-refractivity contribution in [2.75, 3.05) is 12.3 Å². The van der Waals surface area contributed by atoms with Crippen molar-refractivity contribution in [3.63, 3.8) is 0 Å². The highest BCUT2D eigenvalue weighted by Gasteiger charge is 2.08. The maximum atomic E-state index is 4.20. The van der Waals surface area contributed by atoms with Crippen LogP contribution in [0.3, 0.4) is 0 Å². The Balaban J connectivity index is 2.13. The first-order valence-electron chi connectivity index (χ1n) is 3.27. The van der Waals surface area contributed by atoms with Gasteiger partial charge in [0.05, 0.1) is 0 Å². The smallest absolute Gasteiger partial charge is 0.0155 e. The van der Waals surface area contributed by atoms with Crippen LogP contribution >= 0.6 is 12.6 Å². The highest BCUT2D eigenvalue weighted by molar-refractivity contribution is 7.80. The summed E-state index contributed by atoms with van der Waals surface area (Å²) in [6.07, 6.45) is 4.06. The van der Waals surface area contributed by atoms with Gasteiger partial charge in [0.1, 0.15) is 0 Å². The minimum atomic E-state index is 0.701. The summed E-state index contributed by atoms with van der Waals surface area (Å²) in [5.74, 6) is 1.00. The molecule has 1 heterocycles. The minimum Gasteiger partial charge on any atom is -0.313 e. The van der Waals surface area contributed by atoms with Gasteiger partial charge in [-0.05, 0) is 19.4 Å². The van der Waals surface area contributed by atoms with Crippen LogP contribution < -0.4 is 5.32 Å². The highest BCUT2D eigenvalue weighted by atomic mass is 32.1. The summed E-state index contributed by atoms with van der Waals surface area (Å²) in [6, 6.07) is 0.701. The number of thiol groups is 1. The first-order valence-corrected chi connectivity index (χ1v) is 3.91. The number of hydrogen-bond donors (Lipinski definition) is 2. The standard InChI is InChI=1S/C6H13NS/c8-5-6-3-1-2-4-7-6/h6-8H,1-5H2. The average molecular weight is 131 g/mol. The van der Waals surface area contributed by atoms with Gasteiger partial charge in [-0.2, -0.15) is 12.6 Å². The molecule has 1 N–H and O–H groups in total. The Morgan fingerprint density at radius 3 is 2.75 bits per heavy atom. The summed E-state index contributed by atoms with van der Waals surface area (Å²) in [6.45, 7) is 1.20. The van der Waals surface area contributed by atoms with E-state index in [-0.39, 0.29) is 0 Å². The van der Waals surface area contributed by atoms with Gasteiger partial charge >= 0.3 is 0 Å². The molecule has 48 valence electrons. The van der Waals surface area contributed by atoms with E-state index in [0.717, 1.165) is 5.75 Å². The summed E-state index contributed by atoms with van der Waals surface area (Å²) in [5.41, 5.74) is 0. The molecule has 0 amide bonds. The molecule has 0 saturated carbocycles. The largest absolute Gasteiger partial charge is 0.313 e. The SMILES string of the molecule is SCC1CCCCN1. The fourth-order valence-corrected chi connectivity index (χ4v) is 1.39. The molecular formula is C6H13NS. The van der Waals surface area contributed by atoms with E-state index >= 15 is 0 Å². The Morgan fingerprint density at radius 1 is 1.50 bits per heavy atom. The molecule has 0 radical (unpaired) electrons. The predicted molar refractivity (Wildman–Crippen MR) is 39.5 cm³/mol. The van der Waals surface area contributed by atoms with Crippen LogP contribution in [0, 0.1) is 0 Å². The van der Waals surface area contributed by atoms with Gasteiger partial charge in [-0.3, -0.25) is 0 Å². The van der Waals surface area contributed by atoms with Crippen molar-refractivity contribution in [1.82, 2.24) is 5.32 Å². The second-order valence-corrected chi connectivity index (χ2v) is 2.69. The van der Waals surface area contributed by atoms with E-state index in [1.165, 1.54) is 25.8 Å². The molecule has 1 fully saturated rings. The maximum Gasteiger partial charge on any atom is 0.0155 e. The van der Waals surface area contributed by atoms with Gasteiger partial charge in [0, 0.05) is 11.8 Å². The topological polar surface area (TPSA) is 12.0 Å². The second kappa shape index (κ2) is 3.36. The fraction of sp³-hybridized carbons (Fsp3) is 1.00. The number of rotatable bonds is 1. The van der Waals surface area contributed by atoms with Crippen molar-refractivity contribution in [3.8, 4) is 0 Å². The fourth-order valence-electron chi connectivity index (χ4n) is 1.08. The van der Waals surface area contributed by atoms with E-state index < -0.39 is 0 Å². The van der Waals surface area contributed by atoms with Crippen LogP contribution in [-0.4, -0.2) is 18.3 Å². The summed E-state index contributed by atoms with van der Waals surface area (Å²) in [4.78, 5) is 0. The van der Waals surface area contributed by atoms with Crippen LogP contribution in [0.1, 0.15) is 19.3 Å². The molecule has 8 heavy (non-hydrogen) atoms. The Kier molecular flexibility index (Phi) is 2.70. The van der Waals surface area contributed by atoms with Gasteiger partial charge in [0.2, 0.25) is 0 Å². The normalized spacial score (nSPS) is 30.4. The van der Waals surface area contributed by atoms with Crippen LogP contribution in [0.2, 0.25) is 0 Å². The van der Waals surface area contributed by atoms with Crippen LogP contribution in [0.4, 0.5) is 0 Å². The first kappa shape index (κ1) is 6.43. The lowest BCUT2D eigenvalue weighted by Crippen LogP contribution is -2.35. The minimum absolute atomic E-state index is 0.701. The van der Waals surface area contributed by atoms with Crippen LogP contribution in [0.25, 0.3) is 0 Å². The second-order valence-electron chi connectivity index (χ2n) is 2.33. The molecule has 0 aromatic carbocycles.